The Kier molecular flexibility index (Phi) is 3.37. The van der Waals surface area contributed by atoms with Gasteiger partial charge in [-0.3, -0.25) is 0 Å². The van der Waals surface area contributed by atoms with Gasteiger partial charge in [-0.05, 0) is 32.2 Å². The summed E-state index contributed by atoms with van der Waals surface area (Å²) in [6, 6.07) is 0. The molecule has 1 aromatic heterocycles. The third-order valence-corrected chi connectivity index (χ3v) is 3.66. The molecule has 4 heteroatoms. The Morgan fingerprint density at radius 2 is 2.21 bits per heavy atom. The quantitative estimate of drug-likeness (QED) is 0.823. The Balaban J connectivity index is 1.94. The van der Waals surface area contributed by atoms with Crippen LogP contribution >= 0.6 is 11.3 Å². The van der Waals surface area contributed by atoms with E-state index in [1.54, 1.807) is 0 Å². The zero-order valence-corrected chi connectivity index (χ0v) is 9.22. The fourth-order valence-electron chi connectivity index (χ4n) is 1.74. The van der Waals surface area contributed by atoms with Gasteiger partial charge in [0.25, 0.3) is 0 Å². The van der Waals surface area contributed by atoms with Crippen LogP contribution in [0.4, 0.5) is 5.13 Å². The Bertz CT molecular complexity index is 279. The second kappa shape index (κ2) is 4.75. The Hall–Kier alpha value is -0.610. The first kappa shape index (κ1) is 9.93. The minimum absolute atomic E-state index is 0.775. The molecule has 2 N–H and O–H groups in total. The lowest BCUT2D eigenvalue weighted by molar-refractivity contribution is 0.841. The molecule has 0 bridgehead atoms. The normalized spacial score (nSPS) is 16.5. The molecular weight excluding hydrogens is 194 g/mol. The summed E-state index contributed by atoms with van der Waals surface area (Å²) < 4.78 is 0. The number of nitrogens with two attached hydrogens (primary N) is 1. The number of hydrogen-bond acceptors (Lipinski definition) is 4. The second-order valence-electron chi connectivity index (χ2n) is 3.70. The van der Waals surface area contributed by atoms with Gasteiger partial charge in [-0.2, -0.15) is 0 Å². The van der Waals surface area contributed by atoms with Crippen molar-refractivity contribution >= 4 is 16.5 Å². The van der Waals surface area contributed by atoms with Crippen molar-refractivity contribution in [2.45, 2.75) is 25.7 Å². The van der Waals surface area contributed by atoms with Gasteiger partial charge in [-0.1, -0.05) is 0 Å². The standard InChI is InChI=1S/C10H17N3S/c11-5-3-4-9-8-12-10(14-9)13-6-1-2-7-13/h8H,1-7,11H2. The Labute approximate surface area is 88.9 Å². The van der Waals surface area contributed by atoms with Crippen molar-refractivity contribution in [3.05, 3.63) is 11.1 Å². The van der Waals surface area contributed by atoms with Crippen molar-refractivity contribution in [2.24, 2.45) is 5.73 Å². The maximum absolute atomic E-state index is 5.48. The number of nitrogens with zero attached hydrogens (tertiary/aromatic N) is 2. The predicted molar refractivity (Wildman–Crippen MR) is 60.9 cm³/mol. The molecule has 1 saturated heterocycles. The van der Waals surface area contributed by atoms with Crippen LogP contribution in [-0.2, 0) is 6.42 Å². The molecule has 0 unspecified atom stereocenters. The summed E-state index contributed by atoms with van der Waals surface area (Å²) in [5, 5.41) is 1.20. The van der Waals surface area contributed by atoms with Gasteiger partial charge in [-0.15, -0.1) is 11.3 Å². The minimum atomic E-state index is 0.775. The largest absolute Gasteiger partial charge is 0.348 e. The van der Waals surface area contributed by atoms with E-state index in [0.717, 1.165) is 19.4 Å². The van der Waals surface area contributed by atoms with Crippen molar-refractivity contribution < 1.29 is 0 Å². The zero-order chi connectivity index (χ0) is 9.80. The van der Waals surface area contributed by atoms with Gasteiger partial charge in [0.15, 0.2) is 5.13 Å². The van der Waals surface area contributed by atoms with Crippen LogP contribution < -0.4 is 10.6 Å². The first-order valence-electron chi connectivity index (χ1n) is 5.30. The molecule has 0 aliphatic carbocycles. The molecule has 1 aromatic rings. The average molecular weight is 211 g/mol. The maximum Gasteiger partial charge on any atom is 0.185 e. The van der Waals surface area contributed by atoms with Crippen LogP contribution in [0.1, 0.15) is 24.1 Å². The number of aryl methyl sites for hydroxylation is 1. The third-order valence-electron chi connectivity index (χ3n) is 2.55. The van der Waals surface area contributed by atoms with E-state index in [1.165, 1.54) is 35.9 Å². The summed E-state index contributed by atoms with van der Waals surface area (Å²) in [6.45, 7) is 3.14. The highest BCUT2D eigenvalue weighted by Gasteiger charge is 2.15. The molecular formula is C10H17N3S. The Morgan fingerprint density at radius 3 is 2.93 bits per heavy atom. The summed E-state index contributed by atoms with van der Waals surface area (Å²) in [7, 11) is 0. The van der Waals surface area contributed by atoms with Crippen LogP contribution in [0, 0.1) is 0 Å². The summed E-state index contributed by atoms with van der Waals surface area (Å²) in [5.74, 6) is 0. The predicted octanol–water partition coefficient (Wildman–Crippen LogP) is 1.63. The summed E-state index contributed by atoms with van der Waals surface area (Å²) in [5.41, 5.74) is 5.48. The fraction of sp³-hybridized carbons (Fsp3) is 0.700. The molecule has 0 amide bonds. The van der Waals surface area contributed by atoms with Gasteiger partial charge in [0.05, 0.1) is 0 Å². The van der Waals surface area contributed by atoms with E-state index in [9.17, 15) is 0 Å². The lowest BCUT2D eigenvalue weighted by Gasteiger charge is -2.11. The first-order chi connectivity index (χ1) is 6.90. The van der Waals surface area contributed by atoms with Gasteiger partial charge in [0.1, 0.15) is 0 Å². The summed E-state index contributed by atoms with van der Waals surface area (Å²) in [6.07, 6.45) is 6.80. The number of rotatable bonds is 4. The van der Waals surface area contributed by atoms with Crippen molar-refractivity contribution in [2.75, 3.05) is 24.5 Å². The van der Waals surface area contributed by atoms with E-state index in [1.807, 2.05) is 17.5 Å². The molecule has 0 atom stereocenters. The SMILES string of the molecule is NCCCc1cnc(N2CCCC2)s1. The molecule has 1 fully saturated rings. The van der Waals surface area contributed by atoms with Gasteiger partial charge < -0.3 is 10.6 Å². The molecule has 14 heavy (non-hydrogen) atoms. The molecule has 0 radical (unpaired) electrons. The molecule has 2 rings (SSSR count). The van der Waals surface area contributed by atoms with Gasteiger partial charge in [0.2, 0.25) is 0 Å². The number of anilines is 1. The number of hydrogen-bond donors (Lipinski definition) is 1. The molecule has 0 spiro atoms. The lowest BCUT2D eigenvalue weighted by Crippen LogP contribution is -2.16. The summed E-state index contributed by atoms with van der Waals surface area (Å²) >= 11 is 1.83. The van der Waals surface area contributed by atoms with Gasteiger partial charge >= 0.3 is 0 Å². The van der Waals surface area contributed by atoms with Gasteiger partial charge in [-0.25, -0.2) is 4.98 Å². The maximum atomic E-state index is 5.48. The van der Waals surface area contributed by atoms with Crippen molar-refractivity contribution in [3.63, 3.8) is 0 Å². The van der Waals surface area contributed by atoms with Crippen LogP contribution in [-0.4, -0.2) is 24.6 Å². The van der Waals surface area contributed by atoms with Crippen molar-refractivity contribution in [3.8, 4) is 0 Å². The third kappa shape index (κ3) is 2.25. The van der Waals surface area contributed by atoms with E-state index >= 15 is 0 Å². The smallest absolute Gasteiger partial charge is 0.185 e. The van der Waals surface area contributed by atoms with E-state index in [2.05, 4.69) is 9.88 Å². The molecule has 2 heterocycles. The van der Waals surface area contributed by atoms with E-state index in [4.69, 9.17) is 5.73 Å². The molecule has 1 aliphatic rings. The topological polar surface area (TPSA) is 42.1 Å². The first-order valence-corrected chi connectivity index (χ1v) is 6.11. The van der Waals surface area contributed by atoms with Gasteiger partial charge in [0, 0.05) is 24.2 Å². The van der Waals surface area contributed by atoms with Crippen LogP contribution in [0.25, 0.3) is 0 Å². The molecule has 0 saturated carbocycles. The van der Waals surface area contributed by atoms with Crippen LogP contribution in [0.5, 0.6) is 0 Å². The number of aromatic nitrogens is 1. The van der Waals surface area contributed by atoms with E-state index in [0.29, 0.717) is 0 Å². The summed E-state index contributed by atoms with van der Waals surface area (Å²) in [4.78, 5) is 8.21. The fourth-order valence-corrected chi connectivity index (χ4v) is 2.75. The zero-order valence-electron chi connectivity index (χ0n) is 8.41. The van der Waals surface area contributed by atoms with Crippen LogP contribution in [0.2, 0.25) is 0 Å². The molecule has 0 aromatic carbocycles. The van der Waals surface area contributed by atoms with Crippen LogP contribution in [0.3, 0.4) is 0 Å². The highest BCUT2D eigenvalue weighted by molar-refractivity contribution is 7.15. The number of thiazole rings is 1. The van der Waals surface area contributed by atoms with Crippen molar-refractivity contribution in [1.82, 2.24) is 4.98 Å². The van der Waals surface area contributed by atoms with Crippen LogP contribution in [0.15, 0.2) is 6.20 Å². The highest BCUT2D eigenvalue weighted by atomic mass is 32.1. The minimum Gasteiger partial charge on any atom is -0.348 e. The molecule has 1 aliphatic heterocycles. The second-order valence-corrected chi connectivity index (χ2v) is 4.79. The molecule has 3 nitrogen and oxygen atoms in total. The highest BCUT2D eigenvalue weighted by Crippen LogP contribution is 2.26. The molecule has 78 valence electrons. The Morgan fingerprint density at radius 1 is 1.43 bits per heavy atom. The average Bonchev–Trinajstić information content (AvgIpc) is 2.85. The monoisotopic (exact) mass is 211 g/mol. The van der Waals surface area contributed by atoms with E-state index < -0.39 is 0 Å². The lowest BCUT2D eigenvalue weighted by atomic mass is 10.3. The van der Waals surface area contributed by atoms with Crippen molar-refractivity contribution in [1.29, 1.82) is 0 Å². The van der Waals surface area contributed by atoms with E-state index in [-0.39, 0.29) is 0 Å².